The van der Waals surface area contributed by atoms with Crippen LogP contribution in [0.25, 0.3) is 21.8 Å². The van der Waals surface area contributed by atoms with E-state index in [1.807, 2.05) is 35.9 Å². The van der Waals surface area contributed by atoms with Gasteiger partial charge >= 0.3 is 0 Å². The maximum Gasteiger partial charge on any atom is 0.275 e. The lowest BCUT2D eigenvalue weighted by molar-refractivity contribution is 0.102. The van der Waals surface area contributed by atoms with Crippen LogP contribution in [0.5, 0.6) is 0 Å². The number of halogens is 1. The van der Waals surface area contributed by atoms with Gasteiger partial charge in [0.05, 0.1) is 11.3 Å². The van der Waals surface area contributed by atoms with Crippen LogP contribution in [0, 0.1) is 5.82 Å². The number of pyridine rings is 1. The smallest absolute Gasteiger partial charge is 0.275 e. The van der Waals surface area contributed by atoms with Gasteiger partial charge in [0.2, 0.25) is 0 Å². The molecule has 0 aliphatic heterocycles. The number of fused-ring (bicyclic) bond motifs is 3. The van der Waals surface area contributed by atoms with Crippen molar-refractivity contribution in [2.24, 2.45) is 7.05 Å². The van der Waals surface area contributed by atoms with Gasteiger partial charge in [-0.05, 0) is 31.0 Å². The Balaban J connectivity index is 1.78. The predicted molar refractivity (Wildman–Crippen MR) is 117 cm³/mol. The molecule has 1 aliphatic rings. The lowest BCUT2D eigenvalue weighted by Crippen LogP contribution is -2.27. The van der Waals surface area contributed by atoms with E-state index >= 15 is 0 Å². The largest absolute Gasteiger partial charge is 0.339 e. The zero-order chi connectivity index (χ0) is 20.8. The van der Waals surface area contributed by atoms with Gasteiger partial charge in [0.25, 0.3) is 11.5 Å². The first-order valence-corrected chi connectivity index (χ1v) is 10.2. The molecule has 30 heavy (non-hydrogen) atoms. The molecule has 2 heterocycles. The summed E-state index contributed by atoms with van der Waals surface area (Å²) < 4.78 is 17.7. The van der Waals surface area contributed by atoms with Crippen LogP contribution >= 0.6 is 0 Å². The van der Waals surface area contributed by atoms with Gasteiger partial charge in [-0.25, -0.2) is 4.39 Å². The molecule has 0 bridgehead atoms. The number of benzene rings is 2. The molecule has 5 nitrogen and oxygen atoms in total. The molecule has 152 valence electrons. The first-order chi connectivity index (χ1) is 14.6. The highest BCUT2D eigenvalue weighted by atomic mass is 19.1. The maximum absolute atomic E-state index is 14.2. The summed E-state index contributed by atoms with van der Waals surface area (Å²) in [5.74, 6) is -0.919. The normalized spacial score (nSPS) is 14.6. The second-order valence-electron chi connectivity index (χ2n) is 7.93. The Bertz CT molecular complexity index is 1350. The van der Waals surface area contributed by atoms with Crippen LogP contribution in [-0.4, -0.2) is 15.0 Å². The van der Waals surface area contributed by atoms with Crippen molar-refractivity contribution in [2.75, 3.05) is 5.32 Å². The molecule has 5 rings (SSSR count). The topological polar surface area (TPSA) is 56.0 Å². The second kappa shape index (κ2) is 7.13. The number of carbonyl (C=O) groups excluding carboxylic acids is 1. The van der Waals surface area contributed by atoms with E-state index in [-0.39, 0.29) is 17.3 Å². The Kier molecular flexibility index (Phi) is 4.42. The predicted octanol–water partition coefficient (Wildman–Crippen LogP) is 5.00. The number of nitrogens with zero attached hydrogens (tertiary/aromatic N) is 2. The van der Waals surface area contributed by atoms with Gasteiger partial charge < -0.3 is 14.5 Å². The van der Waals surface area contributed by atoms with E-state index in [4.69, 9.17) is 0 Å². The Morgan fingerprint density at radius 3 is 2.53 bits per heavy atom. The van der Waals surface area contributed by atoms with Gasteiger partial charge in [0, 0.05) is 35.6 Å². The molecule has 0 spiro atoms. The summed E-state index contributed by atoms with van der Waals surface area (Å²) >= 11 is 0. The van der Waals surface area contributed by atoms with Gasteiger partial charge in [0.1, 0.15) is 11.3 Å². The van der Waals surface area contributed by atoms with Gasteiger partial charge in [-0.15, -0.1) is 0 Å². The number of anilines is 1. The third kappa shape index (κ3) is 2.83. The highest BCUT2D eigenvalue weighted by Gasteiger charge is 2.25. The van der Waals surface area contributed by atoms with Crippen molar-refractivity contribution in [1.29, 1.82) is 0 Å². The standard InChI is InChI=1S/C24H22FN3O2/c1-27-20-13-7-4-10-16(20)21-17(23(29)26-19-12-6-5-11-18(19)25)14-28(24(30)22(21)27)15-8-2-3-9-15/h4-7,10-15H,2-3,8-9H2,1H3,(H,26,29). The minimum atomic E-state index is -0.496. The fourth-order valence-electron chi connectivity index (χ4n) is 4.68. The van der Waals surface area contributed by atoms with E-state index < -0.39 is 11.7 Å². The molecule has 1 fully saturated rings. The number of carbonyl (C=O) groups is 1. The molecule has 1 amide bonds. The third-order valence-corrected chi connectivity index (χ3v) is 6.17. The number of rotatable bonds is 3. The van der Waals surface area contributed by atoms with Crippen LogP contribution in [0.4, 0.5) is 10.1 Å². The Morgan fingerprint density at radius 2 is 1.77 bits per heavy atom. The molecule has 1 aliphatic carbocycles. The fourth-order valence-corrected chi connectivity index (χ4v) is 4.68. The Hall–Kier alpha value is -3.41. The number of aryl methyl sites for hydroxylation is 1. The summed E-state index contributed by atoms with van der Waals surface area (Å²) in [6.45, 7) is 0. The van der Waals surface area contributed by atoms with Crippen molar-refractivity contribution in [3.8, 4) is 0 Å². The molecule has 2 aromatic carbocycles. The van der Waals surface area contributed by atoms with Crippen molar-refractivity contribution in [3.63, 3.8) is 0 Å². The lowest BCUT2D eigenvalue weighted by atomic mass is 10.1. The average molecular weight is 403 g/mol. The summed E-state index contributed by atoms with van der Waals surface area (Å²) in [6.07, 6.45) is 5.65. The van der Waals surface area contributed by atoms with Crippen molar-refractivity contribution in [3.05, 3.63) is 76.5 Å². The Morgan fingerprint density at radius 1 is 1.07 bits per heavy atom. The van der Waals surface area contributed by atoms with Crippen LogP contribution in [0.2, 0.25) is 0 Å². The molecule has 0 atom stereocenters. The molecule has 0 radical (unpaired) electrons. The quantitative estimate of drug-likeness (QED) is 0.523. The first-order valence-electron chi connectivity index (χ1n) is 10.2. The summed E-state index contributed by atoms with van der Waals surface area (Å²) in [6, 6.07) is 13.8. The van der Waals surface area contributed by atoms with E-state index in [1.54, 1.807) is 22.9 Å². The highest BCUT2D eigenvalue weighted by molar-refractivity contribution is 6.20. The molecule has 1 saturated carbocycles. The molecule has 4 aromatic rings. The number of nitrogens with one attached hydrogen (secondary N) is 1. The Labute approximate surface area is 172 Å². The number of hydrogen-bond donors (Lipinski definition) is 1. The zero-order valence-electron chi connectivity index (χ0n) is 16.7. The van der Waals surface area contributed by atoms with Crippen LogP contribution in [0.3, 0.4) is 0 Å². The van der Waals surface area contributed by atoms with Gasteiger partial charge in [-0.2, -0.15) is 0 Å². The highest BCUT2D eigenvalue weighted by Crippen LogP contribution is 2.33. The minimum absolute atomic E-state index is 0.0833. The van der Waals surface area contributed by atoms with Crippen LogP contribution in [0.1, 0.15) is 42.1 Å². The van der Waals surface area contributed by atoms with Gasteiger partial charge in [-0.3, -0.25) is 9.59 Å². The van der Waals surface area contributed by atoms with Crippen LogP contribution in [-0.2, 0) is 7.05 Å². The average Bonchev–Trinajstić information content (AvgIpc) is 3.38. The minimum Gasteiger partial charge on any atom is -0.339 e. The molecular formula is C24H22FN3O2. The van der Waals surface area contributed by atoms with E-state index in [0.717, 1.165) is 36.6 Å². The monoisotopic (exact) mass is 403 g/mol. The second-order valence-corrected chi connectivity index (χ2v) is 7.93. The van der Waals surface area contributed by atoms with Crippen molar-refractivity contribution in [2.45, 2.75) is 31.7 Å². The van der Waals surface area contributed by atoms with Gasteiger partial charge in [-0.1, -0.05) is 43.2 Å². The lowest BCUT2D eigenvalue weighted by Gasteiger charge is -2.17. The number of aromatic nitrogens is 2. The molecule has 6 heteroatoms. The molecular weight excluding hydrogens is 381 g/mol. The molecule has 0 unspecified atom stereocenters. The summed E-state index contributed by atoms with van der Waals surface area (Å²) in [5.41, 5.74) is 1.81. The molecule has 2 aromatic heterocycles. The number of hydrogen-bond acceptors (Lipinski definition) is 2. The summed E-state index contributed by atoms with van der Waals surface area (Å²) in [7, 11) is 1.85. The molecule has 0 saturated heterocycles. The van der Waals surface area contributed by atoms with Crippen molar-refractivity contribution < 1.29 is 9.18 Å². The number of amides is 1. The number of para-hydroxylation sites is 2. The first kappa shape index (κ1) is 18.6. The van der Waals surface area contributed by atoms with E-state index in [0.29, 0.717) is 16.5 Å². The summed E-state index contributed by atoms with van der Waals surface area (Å²) in [5, 5.41) is 4.14. The van der Waals surface area contributed by atoms with Crippen LogP contribution in [0.15, 0.2) is 59.5 Å². The fraction of sp³-hybridized carbons (Fsp3) is 0.250. The van der Waals surface area contributed by atoms with Crippen molar-refractivity contribution in [1.82, 2.24) is 9.13 Å². The third-order valence-electron chi connectivity index (χ3n) is 6.17. The molecule has 1 N–H and O–H groups in total. The van der Waals surface area contributed by atoms with Crippen LogP contribution < -0.4 is 10.9 Å². The van der Waals surface area contributed by atoms with Crippen molar-refractivity contribution >= 4 is 33.4 Å². The van der Waals surface area contributed by atoms with E-state index in [2.05, 4.69) is 5.32 Å². The van der Waals surface area contributed by atoms with E-state index in [9.17, 15) is 14.0 Å². The SMILES string of the molecule is Cn1c2ccccc2c2c(C(=O)Nc3ccccc3F)cn(C3CCCC3)c(=O)c21. The maximum atomic E-state index is 14.2. The zero-order valence-corrected chi connectivity index (χ0v) is 16.7. The van der Waals surface area contributed by atoms with E-state index in [1.165, 1.54) is 12.1 Å². The van der Waals surface area contributed by atoms with Gasteiger partial charge in [0.15, 0.2) is 0 Å². The summed E-state index contributed by atoms with van der Waals surface area (Å²) in [4.78, 5) is 26.8.